The Morgan fingerprint density at radius 2 is 2.13 bits per heavy atom. The van der Waals surface area contributed by atoms with Crippen molar-refractivity contribution >= 4 is 8.07 Å². The smallest absolute Gasteiger partial charge is 0.188 e. The van der Waals surface area contributed by atoms with Gasteiger partial charge in [0.2, 0.25) is 0 Å². The molecule has 0 heterocycles. The molecule has 0 fully saturated rings. The SMILES string of the molecule is C[Si](C)(C)CCOCOC1=CC=CCC1. The average Bonchev–Trinajstić information content (AvgIpc) is 2.17. The van der Waals surface area contributed by atoms with Crippen molar-refractivity contribution in [1.29, 1.82) is 0 Å². The molecule has 0 aromatic carbocycles. The van der Waals surface area contributed by atoms with E-state index in [0.717, 1.165) is 25.2 Å². The quantitative estimate of drug-likeness (QED) is 0.392. The lowest BCUT2D eigenvalue weighted by molar-refractivity contribution is -0.0204. The van der Waals surface area contributed by atoms with Gasteiger partial charge < -0.3 is 9.47 Å². The fraction of sp³-hybridized carbons (Fsp3) is 0.667. The van der Waals surface area contributed by atoms with Crippen molar-refractivity contribution in [3.63, 3.8) is 0 Å². The number of hydrogen-bond acceptors (Lipinski definition) is 2. The van der Waals surface area contributed by atoms with Crippen LogP contribution in [0, 0.1) is 0 Å². The van der Waals surface area contributed by atoms with E-state index < -0.39 is 8.07 Å². The molecular formula is C12H22O2Si. The van der Waals surface area contributed by atoms with Gasteiger partial charge in [-0.05, 0) is 18.5 Å². The van der Waals surface area contributed by atoms with Gasteiger partial charge in [-0.15, -0.1) is 0 Å². The molecule has 0 amide bonds. The first kappa shape index (κ1) is 12.5. The predicted molar refractivity (Wildman–Crippen MR) is 66.5 cm³/mol. The van der Waals surface area contributed by atoms with Crippen molar-refractivity contribution in [3.05, 3.63) is 24.0 Å². The summed E-state index contributed by atoms with van der Waals surface area (Å²) in [6.45, 7) is 8.30. The van der Waals surface area contributed by atoms with E-state index in [2.05, 4.69) is 25.7 Å². The van der Waals surface area contributed by atoms with E-state index in [9.17, 15) is 0 Å². The van der Waals surface area contributed by atoms with Crippen molar-refractivity contribution < 1.29 is 9.47 Å². The number of rotatable bonds is 6. The molecule has 0 radical (unpaired) electrons. The zero-order valence-corrected chi connectivity index (χ0v) is 11.1. The fourth-order valence-corrected chi connectivity index (χ4v) is 2.01. The van der Waals surface area contributed by atoms with Crippen LogP contribution in [0.25, 0.3) is 0 Å². The molecule has 0 saturated heterocycles. The van der Waals surface area contributed by atoms with Gasteiger partial charge in [-0.1, -0.05) is 31.8 Å². The lowest BCUT2D eigenvalue weighted by Crippen LogP contribution is -2.22. The first-order valence-electron chi connectivity index (χ1n) is 5.64. The first-order chi connectivity index (χ1) is 7.08. The van der Waals surface area contributed by atoms with Crippen LogP contribution in [-0.4, -0.2) is 21.5 Å². The van der Waals surface area contributed by atoms with Crippen LogP contribution in [0.5, 0.6) is 0 Å². The molecule has 0 bridgehead atoms. The Kier molecular flexibility index (Phi) is 5.12. The van der Waals surface area contributed by atoms with Gasteiger partial charge in [-0.2, -0.15) is 0 Å². The van der Waals surface area contributed by atoms with E-state index in [0.29, 0.717) is 6.79 Å². The molecule has 1 aliphatic rings. The Bertz CT molecular complexity index is 238. The highest BCUT2D eigenvalue weighted by Gasteiger charge is 2.11. The van der Waals surface area contributed by atoms with Gasteiger partial charge in [-0.3, -0.25) is 0 Å². The molecule has 0 aromatic heterocycles. The fourth-order valence-electron chi connectivity index (χ4n) is 1.26. The summed E-state index contributed by atoms with van der Waals surface area (Å²) in [5.41, 5.74) is 0. The van der Waals surface area contributed by atoms with Crippen LogP contribution in [-0.2, 0) is 9.47 Å². The van der Waals surface area contributed by atoms with Crippen molar-refractivity contribution in [3.8, 4) is 0 Å². The summed E-state index contributed by atoms with van der Waals surface area (Å²) in [5.74, 6) is 1.05. The molecular weight excluding hydrogens is 204 g/mol. The van der Waals surface area contributed by atoms with Crippen LogP contribution in [0.2, 0.25) is 25.7 Å². The van der Waals surface area contributed by atoms with Crippen molar-refractivity contribution in [2.24, 2.45) is 0 Å². The maximum absolute atomic E-state index is 5.50. The zero-order valence-electron chi connectivity index (χ0n) is 10.1. The average molecular weight is 226 g/mol. The van der Waals surface area contributed by atoms with E-state index in [-0.39, 0.29) is 0 Å². The molecule has 0 spiro atoms. The highest BCUT2D eigenvalue weighted by molar-refractivity contribution is 6.76. The minimum Gasteiger partial charge on any atom is -0.472 e. The van der Waals surface area contributed by atoms with Gasteiger partial charge in [-0.25, -0.2) is 0 Å². The van der Waals surface area contributed by atoms with Crippen molar-refractivity contribution in [1.82, 2.24) is 0 Å². The lowest BCUT2D eigenvalue weighted by atomic mass is 10.2. The molecule has 0 aromatic rings. The van der Waals surface area contributed by atoms with Crippen LogP contribution in [0.4, 0.5) is 0 Å². The molecule has 1 rings (SSSR count). The van der Waals surface area contributed by atoms with Gasteiger partial charge in [0.25, 0.3) is 0 Å². The molecule has 3 heteroatoms. The van der Waals surface area contributed by atoms with Crippen LogP contribution >= 0.6 is 0 Å². The van der Waals surface area contributed by atoms with E-state index >= 15 is 0 Å². The maximum Gasteiger partial charge on any atom is 0.188 e. The van der Waals surface area contributed by atoms with E-state index in [1.807, 2.05) is 12.2 Å². The second-order valence-electron chi connectivity index (χ2n) is 5.08. The number of ether oxygens (including phenoxy) is 2. The highest BCUT2D eigenvalue weighted by atomic mass is 28.3. The molecule has 86 valence electrons. The van der Waals surface area contributed by atoms with Gasteiger partial charge in [0.05, 0.1) is 5.76 Å². The highest BCUT2D eigenvalue weighted by Crippen LogP contribution is 2.13. The molecule has 0 unspecified atom stereocenters. The van der Waals surface area contributed by atoms with Gasteiger partial charge in [0, 0.05) is 21.1 Å². The van der Waals surface area contributed by atoms with Crippen LogP contribution < -0.4 is 0 Å². The number of allylic oxidation sites excluding steroid dienone is 4. The minimum absolute atomic E-state index is 0.407. The van der Waals surface area contributed by atoms with E-state index in [4.69, 9.17) is 9.47 Å². The molecule has 1 aliphatic carbocycles. The minimum atomic E-state index is -0.953. The summed E-state index contributed by atoms with van der Waals surface area (Å²) in [6.07, 6.45) is 8.31. The standard InChI is InChI=1S/C12H22O2Si/c1-15(2,3)10-9-13-11-14-12-7-5-4-6-8-12/h4-5,7H,6,8-11H2,1-3H3. The molecule has 0 saturated carbocycles. The summed E-state index contributed by atoms with van der Waals surface area (Å²) < 4.78 is 11.0. The van der Waals surface area contributed by atoms with Crippen LogP contribution in [0.3, 0.4) is 0 Å². The summed E-state index contributed by atoms with van der Waals surface area (Å²) in [5, 5.41) is 0. The second-order valence-corrected chi connectivity index (χ2v) is 10.7. The molecule has 0 aliphatic heterocycles. The summed E-state index contributed by atoms with van der Waals surface area (Å²) in [4.78, 5) is 0. The summed E-state index contributed by atoms with van der Waals surface area (Å²) in [7, 11) is -0.953. The third-order valence-electron chi connectivity index (χ3n) is 2.30. The lowest BCUT2D eigenvalue weighted by Gasteiger charge is -2.16. The monoisotopic (exact) mass is 226 g/mol. The van der Waals surface area contributed by atoms with E-state index in [1.165, 1.54) is 6.04 Å². The molecule has 15 heavy (non-hydrogen) atoms. The maximum atomic E-state index is 5.50. The summed E-state index contributed by atoms with van der Waals surface area (Å²) >= 11 is 0. The van der Waals surface area contributed by atoms with E-state index in [1.54, 1.807) is 0 Å². The Labute approximate surface area is 94.0 Å². The van der Waals surface area contributed by atoms with Gasteiger partial charge >= 0.3 is 0 Å². The normalized spacial score (nSPS) is 16.3. The van der Waals surface area contributed by atoms with Crippen LogP contribution in [0.1, 0.15) is 12.8 Å². The Morgan fingerprint density at radius 1 is 1.33 bits per heavy atom. The Morgan fingerprint density at radius 3 is 2.73 bits per heavy atom. The topological polar surface area (TPSA) is 18.5 Å². The van der Waals surface area contributed by atoms with Crippen molar-refractivity contribution in [2.45, 2.75) is 38.5 Å². The zero-order chi connectivity index (χ0) is 11.1. The third-order valence-corrected chi connectivity index (χ3v) is 4.00. The largest absolute Gasteiger partial charge is 0.472 e. The molecule has 0 atom stereocenters. The Hall–Kier alpha value is -0.543. The first-order valence-corrected chi connectivity index (χ1v) is 9.35. The van der Waals surface area contributed by atoms with Gasteiger partial charge in [0.1, 0.15) is 0 Å². The molecule has 2 nitrogen and oxygen atoms in total. The van der Waals surface area contributed by atoms with Crippen molar-refractivity contribution in [2.75, 3.05) is 13.4 Å². The number of hydrogen-bond donors (Lipinski definition) is 0. The third kappa shape index (κ3) is 6.52. The van der Waals surface area contributed by atoms with Gasteiger partial charge in [0.15, 0.2) is 6.79 Å². The predicted octanol–water partition coefficient (Wildman–Crippen LogP) is 3.55. The van der Waals surface area contributed by atoms with Crippen LogP contribution in [0.15, 0.2) is 24.0 Å². The summed E-state index contributed by atoms with van der Waals surface area (Å²) in [6, 6.07) is 1.20. The molecule has 0 N–H and O–H groups in total. The Balaban J connectivity index is 2.02. The second kappa shape index (κ2) is 6.13.